The first-order valence-corrected chi connectivity index (χ1v) is 9.46. The van der Waals surface area contributed by atoms with Crippen molar-refractivity contribution in [3.05, 3.63) is 35.4 Å². The second-order valence-electron chi connectivity index (χ2n) is 7.32. The average Bonchev–Trinajstić information content (AvgIpc) is 3.49. The van der Waals surface area contributed by atoms with Gasteiger partial charge in [-0.25, -0.2) is 0 Å². The van der Waals surface area contributed by atoms with Crippen molar-refractivity contribution >= 4 is 24.2 Å². The lowest BCUT2D eigenvalue weighted by molar-refractivity contribution is 0.0705. The van der Waals surface area contributed by atoms with Crippen LogP contribution in [0.3, 0.4) is 0 Å². The predicted octanol–water partition coefficient (Wildman–Crippen LogP) is 2.80. The number of nitrogens with zero attached hydrogens (tertiary/aromatic N) is 2. The zero-order chi connectivity index (χ0) is 17.8. The molecule has 0 aromatic heterocycles. The molecule has 1 aliphatic heterocycles. The highest BCUT2D eigenvalue weighted by atomic mass is 35.5. The summed E-state index contributed by atoms with van der Waals surface area (Å²) in [6, 6.07) is 7.65. The average molecular weight is 380 g/mol. The molecule has 1 saturated carbocycles. The van der Waals surface area contributed by atoms with Gasteiger partial charge in [0.15, 0.2) is 0 Å². The predicted molar refractivity (Wildman–Crippen MR) is 106 cm³/mol. The van der Waals surface area contributed by atoms with Gasteiger partial charge in [0.1, 0.15) is 0 Å². The molecule has 2 amide bonds. The van der Waals surface area contributed by atoms with Crippen molar-refractivity contribution in [1.82, 2.24) is 15.1 Å². The Kier molecular flexibility index (Phi) is 7.47. The van der Waals surface area contributed by atoms with Crippen LogP contribution in [0.2, 0.25) is 0 Å². The minimum atomic E-state index is -0.0415. The Hall–Kier alpha value is -1.59. The molecule has 1 saturated heterocycles. The van der Waals surface area contributed by atoms with E-state index < -0.39 is 0 Å². The largest absolute Gasteiger partial charge is 0.342 e. The lowest BCUT2D eigenvalue weighted by Gasteiger charge is -2.32. The highest BCUT2D eigenvalue weighted by Crippen LogP contribution is 2.28. The third kappa shape index (κ3) is 5.21. The van der Waals surface area contributed by atoms with Crippen LogP contribution in [-0.4, -0.2) is 60.9 Å². The van der Waals surface area contributed by atoms with Gasteiger partial charge in [-0.3, -0.25) is 9.59 Å². The molecule has 6 heteroatoms. The van der Waals surface area contributed by atoms with Crippen molar-refractivity contribution in [3.8, 4) is 0 Å². The number of hydrogen-bond acceptors (Lipinski definition) is 3. The minimum absolute atomic E-state index is 0. The molecule has 1 aromatic rings. The molecule has 1 aromatic carbocycles. The van der Waals surface area contributed by atoms with Gasteiger partial charge in [-0.2, -0.15) is 0 Å². The van der Waals surface area contributed by atoms with Gasteiger partial charge in [0.05, 0.1) is 0 Å². The van der Waals surface area contributed by atoms with Crippen molar-refractivity contribution in [1.29, 1.82) is 0 Å². The summed E-state index contributed by atoms with van der Waals surface area (Å²) in [5.74, 6) is 0.885. The number of piperidine rings is 1. The summed E-state index contributed by atoms with van der Waals surface area (Å²) >= 11 is 0. The second-order valence-corrected chi connectivity index (χ2v) is 7.32. The van der Waals surface area contributed by atoms with Gasteiger partial charge in [-0.15, -0.1) is 12.4 Å². The molecule has 0 bridgehead atoms. The molecular formula is C20H30ClN3O2. The highest BCUT2D eigenvalue weighted by molar-refractivity contribution is 5.99. The van der Waals surface area contributed by atoms with E-state index in [0.29, 0.717) is 23.7 Å². The number of benzene rings is 1. The summed E-state index contributed by atoms with van der Waals surface area (Å²) in [6.07, 6.45) is 4.75. The van der Waals surface area contributed by atoms with Crippen LogP contribution in [0.1, 0.15) is 53.3 Å². The van der Waals surface area contributed by atoms with Crippen molar-refractivity contribution in [2.45, 2.75) is 38.6 Å². The van der Waals surface area contributed by atoms with Gasteiger partial charge in [-0.05, 0) is 63.3 Å². The first-order valence-electron chi connectivity index (χ1n) is 9.46. The molecule has 0 unspecified atom stereocenters. The summed E-state index contributed by atoms with van der Waals surface area (Å²) < 4.78 is 0. The van der Waals surface area contributed by atoms with Crippen LogP contribution in [0.4, 0.5) is 0 Å². The van der Waals surface area contributed by atoms with Crippen LogP contribution in [0.25, 0.3) is 0 Å². The molecule has 0 atom stereocenters. The first-order chi connectivity index (χ1) is 12.1. The molecule has 144 valence electrons. The molecule has 2 fully saturated rings. The maximum absolute atomic E-state index is 12.8. The van der Waals surface area contributed by atoms with E-state index in [1.165, 1.54) is 12.8 Å². The van der Waals surface area contributed by atoms with E-state index in [1.807, 2.05) is 17.9 Å². The zero-order valence-electron chi connectivity index (χ0n) is 15.7. The topological polar surface area (TPSA) is 52.7 Å². The summed E-state index contributed by atoms with van der Waals surface area (Å²) in [5.41, 5.74) is 1.19. The highest BCUT2D eigenvalue weighted by Gasteiger charge is 2.26. The van der Waals surface area contributed by atoms with Crippen molar-refractivity contribution in [2.75, 3.05) is 33.2 Å². The molecule has 1 heterocycles. The Labute approximate surface area is 162 Å². The number of hydrogen-bond donors (Lipinski definition) is 1. The van der Waals surface area contributed by atoms with Crippen molar-refractivity contribution in [2.24, 2.45) is 5.92 Å². The number of likely N-dealkylation sites (tertiary alicyclic amines) is 1. The van der Waals surface area contributed by atoms with E-state index in [1.54, 1.807) is 30.1 Å². The molecule has 5 nitrogen and oxygen atoms in total. The quantitative estimate of drug-likeness (QED) is 0.826. The van der Waals surface area contributed by atoms with E-state index in [-0.39, 0.29) is 24.2 Å². The zero-order valence-corrected chi connectivity index (χ0v) is 16.6. The van der Waals surface area contributed by atoms with Crippen LogP contribution < -0.4 is 5.32 Å². The molecule has 1 aliphatic carbocycles. The first kappa shape index (κ1) is 20.7. The number of amides is 2. The normalized spacial score (nSPS) is 17.5. The SMILES string of the molecule is CCN(C)C(=O)c1cccc(C(=O)N2CCC(NCC3CC3)CC2)c1.Cl. The van der Waals surface area contributed by atoms with Gasteiger partial charge in [0, 0.05) is 43.9 Å². The molecule has 2 aliphatic rings. The Morgan fingerprint density at radius 3 is 2.42 bits per heavy atom. The lowest BCUT2D eigenvalue weighted by Crippen LogP contribution is -2.45. The van der Waals surface area contributed by atoms with Gasteiger partial charge in [0.2, 0.25) is 0 Å². The van der Waals surface area contributed by atoms with Crippen molar-refractivity contribution < 1.29 is 9.59 Å². The Morgan fingerprint density at radius 2 is 1.81 bits per heavy atom. The van der Waals surface area contributed by atoms with Gasteiger partial charge in [0.25, 0.3) is 11.8 Å². The fraction of sp³-hybridized carbons (Fsp3) is 0.600. The Morgan fingerprint density at radius 1 is 1.15 bits per heavy atom. The smallest absolute Gasteiger partial charge is 0.253 e. The van der Waals surface area contributed by atoms with Crippen LogP contribution >= 0.6 is 12.4 Å². The Bertz CT molecular complexity index is 625. The second kappa shape index (κ2) is 9.38. The third-order valence-corrected chi connectivity index (χ3v) is 5.35. The number of rotatable bonds is 6. The van der Waals surface area contributed by atoms with Gasteiger partial charge >= 0.3 is 0 Å². The van der Waals surface area contributed by atoms with E-state index in [9.17, 15) is 9.59 Å². The van der Waals surface area contributed by atoms with Crippen LogP contribution in [0, 0.1) is 5.92 Å². The molecule has 1 N–H and O–H groups in total. The van der Waals surface area contributed by atoms with Crippen molar-refractivity contribution in [3.63, 3.8) is 0 Å². The fourth-order valence-electron chi connectivity index (χ4n) is 3.27. The molecule has 26 heavy (non-hydrogen) atoms. The van der Waals surface area contributed by atoms with Gasteiger partial charge in [-0.1, -0.05) is 6.07 Å². The summed E-state index contributed by atoms with van der Waals surface area (Å²) in [6.45, 7) is 5.29. The van der Waals surface area contributed by atoms with Gasteiger partial charge < -0.3 is 15.1 Å². The number of carbonyl (C=O) groups excluding carboxylic acids is 2. The van der Waals surface area contributed by atoms with E-state index in [4.69, 9.17) is 0 Å². The summed E-state index contributed by atoms with van der Waals surface area (Å²) in [5, 5.41) is 3.64. The van der Waals surface area contributed by atoms with Crippen LogP contribution in [0.15, 0.2) is 24.3 Å². The standard InChI is InChI=1S/C20H29N3O2.ClH/c1-3-22(2)19(24)16-5-4-6-17(13-16)20(25)23-11-9-18(10-12-23)21-14-15-7-8-15;/h4-6,13,15,18,21H,3,7-12,14H2,1-2H3;1H. The number of halogens is 1. The summed E-state index contributed by atoms with van der Waals surface area (Å²) in [7, 11) is 1.77. The minimum Gasteiger partial charge on any atom is -0.342 e. The summed E-state index contributed by atoms with van der Waals surface area (Å²) in [4.78, 5) is 28.6. The fourth-order valence-corrected chi connectivity index (χ4v) is 3.27. The monoisotopic (exact) mass is 379 g/mol. The van der Waals surface area contributed by atoms with Crippen LogP contribution in [-0.2, 0) is 0 Å². The van der Waals surface area contributed by atoms with E-state index in [0.717, 1.165) is 38.4 Å². The Balaban J connectivity index is 0.00000243. The molecule has 0 spiro atoms. The van der Waals surface area contributed by atoms with E-state index >= 15 is 0 Å². The molecule has 3 rings (SSSR count). The van der Waals surface area contributed by atoms with Crippen LogP contribution in [0.5, 0.6) is 0 Å². The third-order valence-electron chi connectivity index (χ3n) is 5.35. The van der Waals surface area contributed by atoms with E-state index in [2.05, 4.69) is 5.32 Å². The maximum Gasteiger partial charge on any atom is 0.253 e. The molecular weight excluding hydrogens is 350 g/mol. The number of nitrogens with one attached hydrogen (secondary N) is 1. The number of carbonyl (C=O) groups is 2. The lowest BCUT2D eigenvalue weighted by atomic mass is 10.0. The maximum atomic E-state index is 12.8. The molecule has 0 radical (unpaired) electrons.